The molecular weight excluding hydrogens is 342 g/mol. The molecule has 0 saturated heterocycles. The summed E-state index contributed by atoms with van der Waals surface area (Å²) in [6.07, 6.45) is 2.59. The molecule has 132 valence electrons. The molecule has 1 heterocycles. The van der Waals surface area contributed by atoms with Crippen molar-refractivity contribution in [3.63, 3.8) is 0 Å². The molecule has 0 aliphatic carbocycles. The Morgan fingerprint density at radius 1 is 1.28 bits per heavy atom. The number of rotatable bonds is 6. The largest absolute Gasteiger partial charge is 0.465 e. The second-order valence-electron chi connectivity index (χ2n) is 5.53. The van der Waals surface area contributed by atoms with Crippen LogP contribution in [0.2, 0.25) is 5.02 Å². The van der Waals surface area contributed by atoms with E-state index in [9.17, 15) is 9.59 Å². The van der Waals surface area contributed by atoms with Gasteiger partial charge in [-0.25, -0.2) is 9.78 Å². The number of methoxy groups -OCH3 is 1. The molecule has 2 rings (SSSR count). The maximum absolute atomic E-state index is 12.3. The molecule has 1 unspecified atom stereocenters. The van der Waals surface area contributed by atoms with Gasteiger partial charge in [0, 0.05) is 6.04 Å². The zero-order valence-electron chi connectivity index (χ0n) is 14.3. The molecule has 1 atom stereocenters. The average molecular weight is 362 g/mol. The van der Waals surface area contributed by atoms with E-state index in [1.165, 1.54) is 25.3 Å². The van der Waals surface area contributed by atoms with Gasteiger partial charge in [-0.15, -0.1) is 0 Å². The number of amides is 1. The number of carbonyl (C=O) groups excluding carboxylic acids is 2. The van der Waals surface area contributed by atoms with Gasteiger partial charge in [-0.05, 0) is 43.7 Å². The molecule has 0 fully saturated rings. The highest BCUT2D eigenvalue weighted by atomic mass is 35.5. The number of pyridine rings is 1. The molecule has 2 N–H and O–H groups in total. The summed E-state index contributed by atoms with van der Waals surface area (Å²) in [5.41, 5.74) is 1.70. The normalized spacial score (nSPS) is 11.5. The molecule has 0 aliphatic rings. The summed E-state index contributed by atoms with van der Waals surface area (Å²) < 4.78 is 4.66. The van der Waals surface area contributed by atoms with Crippen molar-refractivity contribution in [3.8, 4) is 0 Å². The molecule has 0 aliphatic heterocycles. The van der Waals surface area contributed by atoms with Gasteiger partial charge in [0.05, 0.1) is 35.3 Å². The third-order valence-electron chi connectivity index (χ3n) is 3.66. The predicted molar refractivity (Wildman–Crippen MR) is 98.4 cm³/mol. The molecule has 0 spiro atoms. The van der Waals surface area contributed by atoms with E-state index in [0.29, 0.717) is 22.3 Å². The zero-order valence-corrected chi connectivity index (χ0v) is 15.1. The molecule has 1 amide bonds. The summed E-state index contributed by atoms with van der Waals surface area (Å²) in [7, 11) is 1.29. The molecule has 1 aromatic carbocycles. The Balaban J connectivity index is 2.13. The summed E-state index contributed by atoms with van der Waals surface area (Å²) in [6, 6.07) is 8.25. The van der Waals surface area contributed by atoms with Crippen LogP contribution in [0.15, 0.2) is 36.5 Å². The topological polar surface area (TPSA) is 80.3 Å². The number of ether oxygens (including phenoxy) is 1. The molecule has 0 bridgehead atoms. The van der Waals surface area contributed by atoms with E-state index < -0.39 is 11.9 Å². The van der Waals surface area contributed by atoms with Crippen molar-refractivity contribution in [1.29, 1.82) is 0 Å². The van der Waals surface area contributed by atoms with Gasteiger partial charge in [0.25, 0.3) is 5.91 Å². The van der Waals surface area contributed by atoms with Crippen LogP contribution in [0.5, 0.6) is 0 Å². The van der Waals surface area contributed by atoms with Crippen molar-refractivity contribution >= 4 is 34.9 Å². The molecule has 0 radical (unpaired) electrons. The first-order valence-corrected chi connectivity index (χ1v) is 8.24. The monoisotopic (exact) mass is 361 g/mol. The summed E-state index contributed by atoms with van der Waals surface area (Å²) in [6.45, 7) is 4.15. The lowest BCUT2D eigenvalue weighted by molar-refractivity contribution is 0.0600. The maximum Gasteiger partial charge on any atom is 0.337 e. The van der Waals surface area contributed by atoms with E-state index in [1.807, 2.05) is 0 Å². The van der Waals surface area contributed by atoms with Gasteiger partial charge in [-0.1, -0.05) is 18.5 Å². The van der Waals surface area contributed by atoms with Crippen LogP contribution in [0.3, 0.4) is 0 Å². The van der Waals surface area contributed by atoms with Crippen molar-refractivity contribution in [1.82, 2.24) is 4.98 Å². The van der Waals surface area contributed by atoms with Crippen molar-refractivity contribution in [3.05, 3.63) is 52.8 Å². The number of aromatic nitrogens is 1. The van der Waals surface area contributed by atoms with Crippen LogP contribution in [-0.4, -0.2) is 30.0 Å². The lowest BCUT2D eigenvalue weighted by Gasteiger charge is -2.13. The molecule has 0 saturated carbocycles. The quantitative estimate of drug-likeness (QED) is 0.760. The Hall–Kier alpha value is -2.60. The van der Waals surface area contributed by atoms with Crippen LogP contribution >= 0.6 is 11.6 Å². The summed E-state index contributed by atoms with van der Waals surface area (Å²) in [4.78, 5) is 28.1. The first-order valence-electron chi connectivity index (χ1n) is 7.86. The number of nitrogens with zero attached hydrogens (tertiary/aromatic N) is 1. The minimum Gasteiger partial charge on any atom is -0.465 e. The summed E-state index contributed by atoms with van der Waals surface area (Å²) in [5, 5.41) is 6.25. The van der Waals surface area contributed by atoms with Crippen molar-refractivity contribution in [2.75, 3.05) is 17.7 Å². The summed E-state index contributed by atoms with van der Waals surface area (Å²) >= 11 is 6.08. The second-order valence-corrected chi connectivity index (χ2v) is 5.93. The van der Waals surface area contributed by atoms with E-state index in [2.05, 4.69) is 34.2 Å². The Labute approximate surface area is 151 Å². The van der Waals surface area contributed by atoms with Crippen molar-refractivity contribution in [2.45, 2.75) is 26.3 Å². The van der Waals surface area contributed by atoms with Crippen LogP contribution in [0, 0.1) is 0 Å². The number of carbonyl (C=O) groups is 2. The highest BCUT2D eigenvalue weighted by Gasteiger charge is 2.13. The highest BCUT2D eigenvalue weighted by molar-refractivity contribution is 6.34. The summed E-state index contributed by atoms with van der Waals surface area (Å²) in [5.74, 6) is -0.926. The highest BCUT2D eigenvalue weighted by Crippen LogP contribution is 2.24. The Bertz CT molecular complexity index is 763. The number of halogens is 1. The molecule has 25 heavy (non-hydrogen) atoms. The van der Waals surface area contributed by atoms with E-state index in [1.54, 1.807) is 18.3 Å². The number of benzene rings is 1. The predicted octanol–water partition coefficient (Wildman–Crippen LogP) is 3.98. The lowest BCUT2D eigenvalue weighted by Crippen LogP contribution is -2.16. The van der Waals surface area contributed by atoms with E-state index >= 15 is 0 Å². The molecule has 7 heteroatoms. The lowest BCUT2D eigenvalue weighted by atomic mass is 10.2. The van der Waals surface area contributed by atoms with E-state index in [4.69, 9.17) is 11.6 Å². The van der Waals surface area contributed by atoms with Gasteiger partial charge in [0.1, 0.15) is 5.69 Å². The van der Waals surface area contributed by atoms with Crippen molar-refractivity contribution < 1.29 is 14.3 Å². The Kier molecular flexibility index (Phi) is 6.36. The second kappa shape index (κ2) is 8.48. The van der Waals surface area contributed by atoms with Gasteiger partial charge in [-0.3, -0.25) is 4.79 Å². The standard InChI is InChI=1S/C18H20ClN3O3/c1-4-11(2)21-13-6-8-15(20-10-13)17(23)22-16-9-12(18(24)25-3)5-7-14(16)19/h5-11,21H,4H2,1-3H3,(H,22,23). The fourth-order valence-corrected chi connectivity index (χ4v) is 2.22. The van der Waals surface area contributed by atoms with Gasteiger partial charge in [0.2, 0.25) is 0 Å². The minimum atomic E-state index is -0.509. The molecule has 2 aromatic rings. The van der Waals surface area contributed by atoms with Gasteiger partial charge in [0.15, 0.2) is 0 Å². The zero-order chi connectivity index (χ0) is 18.4. The number of anilines is 2. The van der Waals surface area contributed by atoms with Crippen LogP contribution in [0.1, 0.15) is 41.1 Å². The van der Waals surface area contributed by atoms with Gasteiger partial charge < -0.3 is 15.4 Å². The van der Waals surface area contributed by atoms with Gasteiger partial charge in [-0.2, -0.15) is 0 Å². The average Bonchev–Trinajstić information content (AvgIpc) is 2.63. The Morgan fingerprint density at radius 2 is 2.04 bits per heavy atom. The van der Waals surface area contributed by atoms with Crippen LogP contribution in [0.25, 0.3) is 0 Å². The molecule has 6 nitrogen and oxygen atoms in total. The van der Waals surface area contributed by atoms with E-state index in [-0.39, 0.29) is 5.69 Å². The third-order valence-corrected chi connectivity index (χ3v) is 3.99. The fraction of sp³-hybridized carbons (Fsp3) is 0.278. The maximum atomic E-state index is 12.3. The number of nitrogens with one attached hydrogen (secondary N) is 2. The van der Waals surface area contributed by atoms with Gasteiger partial charge >= 0.3 is 5.97 Å². The third kappa shape index (κ3) is 4.93. The van der Waals surface area contributed by atoms with Crippen molar-refractivity contribution in [2.24, 2.45) is 0 Å². The molecular formula is C18H20ClN3O3. The smallest absolute Gasteiger partial charge is 0.337 e. The minimum absolute atomic E-state index is 0.245. The van der Waals surface area contributed by atoms with Crippen LogP contribution < -0.4 is 10.6 Å². The number of hydrogen-bond donors (Lipinski definition) is 2. The first kappa shape index (κ1) is 18.7. The number of esters is 1. The van der Waals surface area contributed by atoms with E-state index in [0.717, 1.165) is 12.1 Å². The molecule has 1 aromatic heterocycles. The first-order chi connectivity index (χ1) is 11.9. The fourth-order valence-electron chi connectivity index (χ4n) is 2.05. The van der Waals surface area contributed by atoms with Crippen LogP contribution in [0.4, 0.5) is 11.4 Å². The SMILES string of the molecule is CCC(C)Nc1ccc(C(=O)Nc2cc(C(=O)OC)ccc2Cl)nc1. The van der Waals surface area contributed by atoms with Crippen LogP contribution in [-0.2, 0) is 4.74 Å². The number of hydrogen-bond acceptors (Lipinski definition) is 5. The Morgan fingerprint density at radius 3 is 2.64 bits per heavy atom.